The van der Waals surface area contributed by atoms with Gasteiger partial charge in [0.15, 0.2) is 0 Å². The summed E-state index contributed by atoms with van der Waals surface area (Å²) < 4.78 is 32.0. The van der Waals surface area contributed by atoms with E-state index in [4.69, 9.17) is 4.74 Å². The van der Waals surface area contributed by atoms with Crippen LogP contribution in [0.25, 0.3) is 0 Å². The van der Waals surface area contributed by atoms with Gasteiger partial charge in [-0.3, -0.25) is 4.79 Å². The van der Waals surface area contributed by atoms with Crippen LogP contribution in [0, 0.1) is 11.6 Å². The molecule has 0 saturated carbocycles. The smallest absolute Gasteiger partial charge is 0.270 e. The first-order valence-corrected chi connectivity index (χ1v) is 8.52. The minimum Gasteiger partial charge on any atom is -0.496 e. The van der Waals surface area contributed by atoms with Gasteiger partial charge >= 0.3 is 0 Å². The summed E-state index contributed by atoms with van der Waals surface area (Å²) in [6.07, 6.45) is 1.97. The molecule has 1 heterocycles. The maximum Gasteiger partial charge on any atom is 0.270 e. The Hall–Kier alpha value is -3.55. The van der Waals surface area contributed by atoms with E-state index in [1.807, 2.05) is 24.3 Å². The van der Waals surface area contributed by atoms with Crippen molar-refractivity contribution in [1.82, 2.24) is 15.3 Å². The number of methoxy groups -OCH3 is 1. The van der Waals surface area contributed by atoms with Gasteiger partial charge in [0.1, 0.15) is 23.1 Å². The van der Waals surface area contributed by atoms with E-state index in [1.54, 1.807) is 7.11 Å². The van der Waals surface area contributed by atoms with Gasteiger partial charge in [-0.1, -0.05) is 18.2 Å². The second kappa shape index (κ2) is 8.90. The van der Waals surface area contributed by atoms with Gasteiger partial charge in [-0.05, 0) is 36.2 Å². The summed E-state index contributed by atoms with van der Waals surface area (Å²) in [7, 11) is 1.59. The summed E-state index contributed by atoms with van der Waals surface area (Å²) in [5, 5.41) is 5.40. The molecule has 3 aromatic rings. The minimum atomic E-state index is -0.782. The number of hydrogen-bond donors (Lipinski definition) is 2. The molecule has 0 spiro atoms. The number of para-hydroxylation sites is 1. The highest BCUT2D eigenvalue weighted by Gasteiger charge is 2.11. The standard InChI is InChI=1S/C20H18F2N4O2/c1-28-18-5-3-2-4-13(18)8-10-23-19(27)17-9-11-24-20(26-17)25-16-7-6-14(21)12-15(16)22/h2-7,9,11-12H,8,10H2,1H3,(H,23,27)(H,24,25,26). The van der Waals surface area contributed by atoms with Crippen molar-refractivity contribution >= 4 is 17.5 Å². The van der Waals surface area contributed by atoms with E-state index in [-0.39, 0.29) is 23.2 Å². The van der Waals surface area contributed by atoms with Crippen molar-refractivity contribution in [2.24, 2.45) is 0 Å². The van der Waals surface area contributed by atoms with Gasteiger partial charge in [0, 0.05) is 18.8 Å². The van der Waals surface area contributed by atoms with Crippen LogP contribution in [0.3, 0.4) is 0 Å². The lowest BCUT2D eigenvalue weighted by Gasteiger charge is -2.10. The highest BCUT2D eigenvalue weighted by atomic mass is 19.1. The van der Waals surface area contributed by atoms with E-state index >= 15 is 0 Å². The summed E-state index contributed by atoms with van der Waals surface area (Å²) in [6, 6.07) is 12.1. The molecule has 2 N–H and O–H groups in total. The second-order valence-corrected chi connectivity index (χ2v) is 5.83. The minimum absolute atomic E-state index is 0.00938. The number of amides is 1. The zero-order chi connectivity index (χ0) is 19.9. The predicted octanol–water partition coefficient (Wildman–Crippen LogP) is 3.48. The van der Waals surface area contributed by atoms with Crippen molar-refractivity contribution in [3.05, 3.63) is 77.6 Å². The Morgan fingerprint density at radius 2 is 1.96 bits per heavy atom. The largest absolute Gasteiger partial charge is 0.496 e. The lowest BCUT2D eigenvalue weighted by molar-refractivity contribution is 0.0949. The first-order chi connectivity index (χ1) is 13.6. The lowest BCUT2D eigenvalue weighted by atomic mass is 10.1. The normalized spacial score (nSPS) is 10.4. The Balaban J connectivity index is 1.62. The fourth-order valence-electron chi connectivity index (χ4n) is 2.57. The highest BCUT2D eigenvalue weighted by molar-refractivity contribution is 5.92. The number of halogens is 2. The molecule has 0 fully saturated rings. The maximum absolute atomic E-state index is 13.7. The number of carbonyl (C=O) groups excluding carboxylic acids is 1. The van der Waals surface area contributed by atoms with Crippen LogP contribution in [0.15, 0.2) is 54.7 Å². The summed E-state index contributed by atoms with van der Waals surface area (Å²) in [6.45, 7) is 0.387. The van der Waals surface area contributed by atoms with Crippen LogP contribution in [0.5, 0.6) is 5.75 Å². The average molecular weight is 384 g/mol. The molecule has 0 radical (unpaired) electrons. The zero-order valence-electron chi connectivity index (χ0n) is 15.1. The van der Waals surface area contributed by atoms with Gasteiger partial charge in [-0.15, -0.1) is 0 Å². The van der Waals surface area contributed by atoms with E-state index in [9.17, 15) is 13.6 Å². The Morgan fingerprint density at radius 3 is 2.75 bits per heavy atom. The third-order valence-electron chi connectivity index (χ3n) is 3.94. The van der Waals surface area contributed by atoms with Crippen LogP contribution in [0.4, 0.5) is 20.4 Å². The number of aromatic nitrogens is 2. The number of ether oxygens (including phenoxy) is 1. The molecule has 0 aliphatic rings. The van der Waals surface area contributed by atoms with Crippen LogP contribution in [-0.4, -0.2) is 29.5 Å². The SMILES string of the molecule is COc1ccccc1CCNC(=O)c1ccnc(Nc2ccc(F)cc2F)n1. The van der Waals surface area contributed by atoms with E-state index in [2.05, 4.69) is 20.6 Å². The number of nitrogens with one attached hydrogen (secondary N) is 2. The number of nitrogens with zero attached hydrogens (tertiary/aromatic N) is 2. The summed E-state index contributed by atoms with van der Waals surface area (Å²) in [4.78, 5) is 20.3. The number of carbonyl (C=O) groups is 1. The van der Waals surface area contributed by atoms with Crippen LogP contribution in [0.1, 0.15) is 16.1 Å². The molecule has 1 amide bonds. The van der Waals surface area contributed by atoms with Crippen LogP contribution < -0.4 is 15.4 Å². The topological polar surface area (TPSA) is 76.1 Å². The molecule has 6 nitrogen and oxygen atoms in total. The third-order valence-corrected chi connectivity index (χ3v) is 3.94. The van der Waals surface area contributed by atoms with Crippen molar-refractivity contribution in [2.45, 2.75) is 6.42 Å². The van der Waals surface area contributed by atoms with E-state index in [1.165, 1.54) is 18.3 Å². The van der Waals surface area contributed by atoms with Crippen LogP contribution in [-0.2, 0) is 6.42 Å². The number of rotatable bonds is 7. The summed E-state index contributed by atoms with van der Waals surface area (Å²) in [5.74, 6) is -1.07. The Labute approximate surface area is 160 Å². The fourth-order valence-corrected chi connectivity index (χ4v) is 2.57. The monoisotopic (exact) mass is 384 g/mol. The molecule has 0 atom stereocenters. The average Bonchev–Trinajstić information content (AvgIpc) is 2.70. The number of benzene rings is 2. The Bertz CT molecular complexity index is 982. The number of hydrogen-bond acceptors (Lipinski definition) is 5. The van der Waals surface area contributed by atoms with E-state index in [0.717, 1.165) is 23.4 Å². The molecule has 2 aromatic carbocycles. The highest BCUT2D eigenvalue weighted by Crippen LogP contribution is 2.19. The molecule has 0 unspecified atom stereocenters. The van der Waals surface area contributed by atoms with Gasteiger partial charge in [-0.2, -0.15) is 0 Å². The first-order valence-electron chi connectivity index (χ1n) is 8.52. The van der Waals surface area contributed by atoms with Crippen molar-refractivity contribution in [2.75, 3.05) is 19.0 Å². The Morgan fingerprint density at radius 1 is 1.14 bits per heavy atom. The van der Waals surface area contributed by atoms with Crippen molar-refractivity contribution < 1.29 is 18.3 Å². The summed E-state index contributed by atoms with van der Waals surface area (Å²) in [5.41, 5.74) is 1.11. The third kappa shape index (κ3) is 4.79. The molecular formula is C20H18F2N4O2. The maximum atomic E-state index is 13.7. The van der Waals surface area contributed by atoms with Gasteiger partial charge in [0.05, 0.1) is 12.8 Å². The molecule has 1 aromatic heterocycles. The van der Waals surface area contributed by atoms with Crippen molar-refractivity contribution in [1.29, 1.82) is 0 Å². The molecular weight excluding hydrogens is 366 g/mol. The molecule has 0 aliphatic carbocycles. The molecule has 0 saturated heterocycles. The molecule has 3 rings (SSSR count). The lowest BCUT2D eigenvalue weighted by Crippen LogP contribution is -2.27. The number of anilines is 2. The summed E-state index contributed by atoms with van der Waals surface area (Å²) >= 11 is 0. The van der Waals surface area contributed by atoms with Crippen LogP contribution in [0.2, 0.25) is 0 Å². The molecule has 28 heavy (non-hydrogen) atoms. The Kier molecular flexibility index (Phi) is 6.11. The van der Waals surface area contributed by atoms with Gasteiger partial charge < -0.3 is 15.4 Å². The van der Waals surface area contributed by atoms with Crippen LogP contribution >= 0.6 is 0 Å². The van der Waals surface area contributed by atoms with Crippen molar-refractivity contribution in [3.8, 4) is 5.75 Å². The van der Waals surface area contributed by atoms with E-state index in [0.29, 0.717) is 13.0 Å². The van der Waals surface area contributed by atoms with Crippen molar-refractivity contribution in [3.63, 3.8) is 0 Å². The van der Waals surface area contributed by atoms with E-state index < -0.39 is 11.6 Å². The second-order valence-electron chi connectivity index (χ2n) is 5.83. The van der Waals surface area contributed by atoms with Gasteiger partial charge in [0.25, 0.3) is 5.91 Å². The zero-order valence-corrected chi connectivity index (χ0v) is 15.1. The molecule has 0 bridgehead atoms. The van der Waals surface area contributed by atoms with Gasteiger partial charge in [0.2, 0.25) is 5.95 Å². The molecule has 8 heteroatoms. The molecule has 0 aliphatic heterocycles. The fraction of sp³-hybridized carbons (Fsp3) is 0.150. The first kappa shape index (κ1) is 19.2. The predicted molar refractivity (Wildman–Crippen MR) is 101 cm³/mol. The quantitative estimate of drug-likeness (QED) is 0.652. The van der Waals surface area contributed by atoms with Gasteiger partial charge in [-0.25, -0.2) is 18.7 Å². The molecule has 144 valence electrons.